The minimum atomic E-state index is -0.145. The molecule has 0 bridgehead atoms. The van der Waals surface area contributed by atoms with Crippen LogP contribution in [0, 0.1) is 0 Å². The maximum Gasteiger partial charge on any atom is 0.247 e. The topological polar surface area (TPSA) is 53.4 Å². The van der Waals surface area contributed by atoms with E-state index in [-0.39, 0.29) is 12.5 Å². The maximum absolute atomic E-state index is 12.5. The van der Waals surface area contributed by atoms with Crippen LogP contribution in [0.5, 0.6) is 0 Å². The highest BCUT2D eigenvalue weighted by Gasteiger charge is 2.10. The molecule has 4 heteroatoms. The average molecular weight is 332 g/mol. The molecule has 0 fully saturated rings. The van der Waals surface area contributed by atoms with Crippen molar-refractivity contribution in [2.75, 3.05) is 13.2 Å². The van der Waals surface area contributed by atoms with Crippen LogP contribution < -0.4 is 0 Å². The Bertz CT molecular complexity index is 875. The van der Waals surface area contributed by atoms with E-state index in [2.05, 4.69) is 4.98 Å². The van der Waals surface area contributed by atoms with Gasteiger partial charge in [-0.2, -0.15) is 0 Å². The van der Waals surface area contributed by atoms with Crippen molar-refractivity contribution in [2.24, 2.45) is 0 Å². The molecular weight excluding hydrogens is 312 g/mol. The van der Waals surface area contributed by atoms with Crippen molar-refractivity contribution < 1.29 is 9.90 Å². The van der Waals surface area contributed by atoms with Crippen LogP contribution in [0.4, 0.5) is 0 Å². The fourth-order valence-corrected chi connectivity index (χ4v) is 2.63. The number of carbonyl (C=O) groups excluding carboxylic acids is 1. The van der Waals surface area contributed by atoms with E-state index in [0.717, 1.165) is 22.2 Å². The molecule has 25 heavy (non-hydrogen) atoms. The molecule has 1 N–H and O–H groups in total. The number of nitrogens with zero attached hydrogens (tertiary/aromatic N) is 2. The zero-order chi connectivity index (χ0) is 17.5. The molecule has 0 spiro atoms. The molecule has 0 atom stereocenters. The number of aliphatic hydroxyl groups is 1. The Balaban J connectivity index is 1.73. The molecule has 1 amide bonds. The highest BCUT2D eigenvalue weighted by atomic mass is 16.3. The molecule has 0 aliphatic heterocycles. The molecule has 0 unspecified atom stereocenters. The molecule has 0 saturated carbocycles. The predicted octanol–water partition coefficient (Wildman–Crippen LogP) is 3.27. The third kappa shape index (κ3) is 4.52. The lowest BCUT2D eigenvalue weighted by Gasteiger charge is -2.20. The van der Waals surface area contributed by atoms with Crippen molar-refractivity contribution in [1.82, 2.24) is 9.88 Å². The molecule has 0 radical (unpaired) electrons. The minimum absolute atomic E-state index is 0.0688. The van der Waals surface area contributed by atoms with Crippen LogP contribution in [-0.2, 0) is 11.3 Å². The summed E-state index contributed by atoms with van der Waals surface area (Å²) in [6.07, 6.45) is 3.22. The van der Waals surface area contributed by atoms with Crippen molar-refractivity contribution in [2.45, 2.75) is 6.54 Å². The van der Waals surface area contributed by atoms with Crippen molar-refractivity contribution in [3.05, 3.63) is 84.1 Å². The number of aliphatic hydroxyl groups excluding tert-OH is 1. The predicted molar refractivity (Wildman–Crippen MR) is 99.7 cm³/mol. The standard InChI is InChI=1S/C21H20N2O2/c24-15-14-23(16-17-6-2-1-3-7-17)21(25)13-12-19-11-10-18-8-4-5-9-20(18)22-19/h1-13,24H,14-16H2/b13-12+. The summed E-state index contributed by atoms with van der Waals surface area (Å²) < 4.78 is 0. The fourth-order valence-electron chi connectivity index (χ4n) is 2.63. The molecule has 0 aliphatic rings. The Hall–Kier alpha value is -2.98. The summed E-state index contributed by atoms with van der Waals surface area (Å²) in [6.45, 7) is 0.694. The number of para-hydroxylation sites is 1. The highest BCUT2D eigenvalue weighted by Crippen LogP contribution is 2.13. The van der Waals surface area contributed by atoms with Crippen molar-refractivity contribution in [1.29, 1.82) is 0 Å². The molecule has 0 saturated heterocycles. The lowest BCUT2D eigenvalue weighted by molar-refractivity contribution is -0.127. The van der Waals surface area contributed by atoms with E-state index in [9.17, 15) is 9.90 Å². The summed E-state index contributed by atoms with van der Waals surface area (Å²) in [5.41, 5.74) is 2.66. The summed E-state index contributed by atoms with van der Waals surface area (Å²) in [4.78, 5) is 18.6. The molecule has 0 aliphatic carbocycles. The van der Waals surface area contributed by atoms with Crippen LogP contribution in [-0.4, -0.2) is 34.0 Å². The monoisotopic (exact) mass is 332 g/mol. The number of carbonyl (C=O) groups is 1. The van der Waals surface area contributed by atoms with Crippen LogP contribution in [0.3, 0.4) is 0 Å². The summed E-state index contributed by atoms with van der Waals surface area (Å²) in [5, 5.41) is 10.3. The number of pyridine rings is 1. The smallest absolute Gasteiger partial charge is 0.247 e. The zero-order valence-electron chi connectivity index (χ0n) is 13.9. The summed E-state index contributed by atoms with van der Waals surface area (Å²) in [7, 11) is 0. The second-order valence-electron chi connectivity index (χ2n) is 5.73. The number of fused-ring (bicyclic) bond motifs is 1. The Kier molecular flexibility index (Phi) is 5.54. The average Bonchev–Trinajstić information content (AvgIpc) is 2.66. The highest BCUT2D eigenvalue weighted by molar-refractivity contribution is 5.92. The normalized spacial score (nSPS) is 11.1. The SMILES string of the molecule is O=C(/C=C/c1ccc2ccccc2n1)N(CCO)Cc1ccccc1. The number of rotatable bonds is 6. The van der Waals surface area contributed by atoms with E-state index >= 15 is 0 Å². The molecule has 4 nitrogen and oxygen atoms in total. The number of amides is 1. The van der Waals surface area contributed by atoms with Gasteiger partial charge < -0.3 is 10.0 Å². The quantitative estimate of drug-likeness (QED) is 0.705. The summed E-state index contributed by atoms with van der Waals surface area (Å²) >= 11 is 0. The van der Waals surface area contributed by atoms with Gasteiger partial charge in [0.15, 0.2) is 0 Å². The van der Waals surface area contributed by atoms with E-state index < -0.39 is 0 Å². The second-order valence-corrected chi connectivity index (χ2v) is 5.73. The molecule has 3 rings (SSSR count). The zero-order valence-corrected chi connectivity index (χ0v) is 13.9. The van der Waals surface area contributed by atoms with Gasteiger partial charge >= 0.3 is 0 Å². The Morgan fingerprint density at radius 2 is 1.76 bits per heavy atom. The first-order valence-electron chi connectivity index (χ1n) is 8.24. The third-order valence-electron chi connectivity index (χ3n) is 3.91. The first-order chi connectivity index (χ1) is 12.3. The van der Waals surface area contributed by atoms with E-state index in [1.807, 2.05) is 66.7 Å². The first kappa shape index (κ1) is 16.9. The van der Waals surface area contributed by atoms with Gasteiger partial charge in [0.25, 0.3) is 0 Å². The molecule has 3 aromatic rings. The van der Waals surface area contributed by atoms with E-state index in [0.29, 0.717) is 13.1 Å². The summed E-state index contributed by atoms with van der Waals surface area (Å²) in [5.74, 6) is -0.145. The minimum Gasteiger partial charge on any atom is -0.395 e. The van der Waals surface area contributed by atoms with Gasteiger partial charge in [-0.3, -0.25) is 4.79 Å². The van der Waals surface area contributed by atoms with Crippen LogP contribution in [0.2, 0.25) is 0 Å². The van der Waals surface area contributed by atoms with Gasteiger partial charge in [0.2, 0.25) is 5.91 Å². The first-order valence-corrected chi connectivity index (χ1v) is 8.24. The Morgan fingerprint density at radius 3 is 2.56 bits per heavy atom. The molecule has 1 aromatic heterocycles. The number of hydrogen-bond donors (Lipinski definition) is 1. The molecular formula is C21H20N2O2. The van der Waals surface area contributed by atoms with Crippen LogP contribution in [0.1, 0.15) is 11.3 Å². The molecule has 2 aromatic carbocycles. The number of hydrogen-bond acceptors (Lipinski definition) is 3. The van der Waals surface area contributed by atoms with Gasteiger partial charge in [-0.15, -0.1) is 0 Å². The molecule has 126 valence electrons. The Morgan fingerprint density at radius 1 is 1.00 bits per heavy atom. The largest absolute Gasteiger partial charge is 0.395 e. The van der Waals surface area contributed by atoms with Gasteiger partial charge in [-0.05, 0) is 23.8 Å². The van der Waals surface area contributed by atoms with Crippen molar-refractivity contribution in [3.8, 4) is 0 Å². The lowest BCUT2D eigenvalue weighted by Crippen LogP contribution is -2.31. The number of aromatic nitrogens is 1. The van der Waals surface area contributed by atoms with E-state index in [1.54, 1.807) is 11.0 Å². The van der Waals surface area contributed by atoms with Gasteiger partial charge in [-0.1, -0.05) is 54.6 Å². The van der Waals surface area contributed by atoms with Gasteiger partial charge in [0.1, 0.15) is 0 Å². The van der Waals surface area contributed by atoms with Crippen molar-refractivity contribution >= 4 is 22.9 Å². The van der Waals surface area contributed by atoms with E-state index in [4.69, 9.17) is 0 Å². The molecule has 1 heterocycles. The van der Waals surface area contributed by atoms with Gasteiger partial charge in [-0.25, -0.2) is 4.98 Å². The maximum atomic E-state index is 12.5. The number of benzene rings is 2. The van der Waals surface area contributed by atoms with Crippen LogP contribution in [0.25, 0.3) is 17.0 Å². The van der Waals surface area contributed by atoms with Crippen molar-refractivity contribution in [3.63, 3.8) is 0 Å². The second kappa shape index (κ2) is 8.22. The van der Waals surface area contributed by atoms with Crippen LogP contribution >= 0.6 is 0 Å². The van der Waals surface area contributed by atoms with Gasteiger partial charge in [0.05, 0.1) is 17.8 Å². The van der Waals surface area contributed by atoms with Gasteiger partial charge in [0, 0.05) is 24.6 Å². The summed E-state index contributed by atoms with van der Waals surface area (Å²) in [6, 6.07) is 21.5. The lowest BCUT2D eigenvalue weighted by atomic mass is 10.2. The third-order valence-corrected chi connectivity index (χ3v) is 3.91. The van der Waals surface area contributed by atoms with Crippen LogP contribution in [0.15, 0.2) is 72.8 Å². The fraction of sp³-hybridized carbons (Fsp3) is 0.143. The van der Waals surface area contributed by atoms with E-state index in [1.165, 1.54) is 6.08 Å². The Labute approximate surface area is 147 Å².